The fourth-order valence-corrected chi connectivity index (χ4v) is 5.12. The minimum atomic E-state index is -0.732. The molecule has 0 bridgehead atoms. The first-order valence-corrected chi connectivity index (χ1v) is 12.9. The normalized spacial score (nSPS) is 15.0. The number of ether oxygens (including phenoxy) is 1. The van der Waals surface area contributed by atoms with Crippen molar-refractivity contribution in [1.29, 1.82) is 5.26 Å². The smallest absolute Gasteiger partial charge is 0.338 e. The lowest BCUT2D eigenvalue weighted by Gasteiger charge is -2.16. The minimum Gasteiger partial charge on any atom is -0.454 e. The molecule has 4 rings (SSSR count). The van der Waals surface area contributed by atoms with E-state index in [2.05, 4.69) is 11.1 Å². The van der Waals surface area contributed by atoms with Gasteiger partial charge in [0.05, 0.1) is 27.1 Å². The van der Waals surface area contributed by atoms with E-state index in [0.717, 1.165) is 22.4 Å². The van der Waals surface area contributed by atoms with Crippen LogP contribution in [0.2, 0.25) is 5.02 Å². The number of carbonyl (C=O) groups is 4. The molecule has 1 unspecified atom stereocenters. The maximum absolute atomic E-state index is 13.1. The number of thioether (sulfide) groups is 1. The summed E-state index contributed by atoms with van der Waals surface area (Å²) in [6.45, 7) is 3.47. The lowest BCUT2D eigenvalue weighted by molar-refractivity contribution is -0.121. The molecule has 1 saturated heterocycles. The SMILES string of the molecule is CC(C)c1ccc(C#N)c(SC2CC(=O)N(c3ccc(C(=O)OCC(=O)c4ccccc4Cl)cc3)C2=O)n1. The molecule has 1 aromatic heterocycles. The first-order valence-electron chi connectivity index (χ1n) is 11.7. The largest absolute Gasteiger partial charge is 0.454 e. The number of nitriles is 1. The van der Waals surface area contributed by atoms with Crippen molar-refractivity contribution in [2.45, 2.75) is 36.5 Å². The number of esters is 1. The van der Waals surface area contributed by atoms with E-state index in [9.17, 15) is 24.4 Å². The molecule has 1 aliphatic rings. The topological polar surface area (TPSA) is 117 Å². The number of aromatic nitrogens is 1. The molecule has 38 heavy (non-hydrogen) atoms. The second-order valence-electron chi connectivity index (χ2n) is 8.76. The van der Waals surface area contributed by atoms with Gasteiger partial charge in [-0.3, -0.25) is 14.4 Å². The third-order valence-electron chi connectivity index (χ3n) is 5.82. The van der Waals surface area contributed by atoms with E-state index >= 15 is 0 Å². The third kappa shape index (κ3) is 5.77. The number of nitrogens with zero attached hydrogens (tertiary/aromatic N) is 3. The minimum absolute atomic E-state index is 0.0457. The van der Waals surface area contributed by atoms with Gasteiger partial charge in [0.1, 0.15) is 11.1 Å². The summed E-state index contributed by atoms with van der Waals surface area (Å²) in [5.41, 5.74) is 1.84. The number of rotatable bonds is 8. The Hall–Kier alpha value is -4.00. The zero-order chi connectivity index (χ0) is 27.4. The van der Waals surface area contributed by atoms with Gasteiger partial charge in [-0.2, -0.15) is 5.26 Å². The number of imide groups is 1. The predicted molar refractivity (Wildman–Crippen MR) is 142 cm³/mol. The van der Waals surface area contributed by atoms with Crippen LogP contribution in [0.15, 0.2) is 65.7 Å². The van der Waals surface area contributed by atoms with Crippen LogP contribution in [0.25, 0.3) is 0 Å². The number of anilines is 1. The summed E-state index contributed by atoms with van der Waals surface area (Å²) in [6.07, 6.45) is -0.0457. The number of hydrogen-bond acceptors (Lipinski definition) is 8. The van der Waals surface area contributed by atoms with Crippen LogP contribution in [0, 0.1) is 11.3 Å². The van der Waals surface area contributed by atoms with Crippen molar-refractivity contribution in [1.82, 2.24) is 4.98 Å². The standard InChI is InChI=1S/C28H22ClN3O5S/c1-16(2)22-12-9-18(14-30)26(31-22)38-24-13-25(34)32(27(24)35)19-10-7-17(8-11-19)28(36)37-15-23(33)20-5-3-4-6-21(20)29/h3-12,16,24H,13,15H2,1-2H3. The number of carbonyl (C=O) groups excluding carboxylic acids is 4. The zero-order valence-corrected chi connectivity index (χ0v) is 22.1. The van der Waals surface area contributed by atoms with Crippen molar-refractivity contribution in [3.8, 4) is 6.07 Å². The number of Topliss-reactive ketones (excluding diaryl/α,β-unsaturated/α-hetero) is 1. The van der Waals surface area contributed by atoms with Crippen LogP contribution in [-0.4, -0.2) is 40.4 Å². The molecule has 2 heterocycles. The summed E-state index contributed by atoms with van der Waals surface area (Å²) >= 11 is 7.10. The summed E-state index contributed by atoms with van der Waals surface area (Å²) in [6, 6.07) is 17.8. The maximum Gasteiger partial charge on any atom is 0.338 e. The molecule has 0 N–H and O–H groups in total. The number of benzene rings is 2. The Labute approximate surface area is 228 Å². The Kier molecular flexibility index (Phi) is 8.25. The van der Waals surface area contributed by atoms with Crippen molar-refractivity contribution in [3.05, 3.63) is 88.1 Å². The molecule has 2 aromatic carbocycles. The zero-order valence-electron chi connectivity index (χ0n) is 20.5. The third-order valence-corrected chi connectivity index (χ3v) is 7.34. The molecule has 3 aromatic rings. The highest BCUT2D eigenvalue weighted by Crippen LogP contribution is 2.35. The number of halogens is 1. The monoisotopic (exact) mass is 547 g/mol. The van der Waals surface area contributed by atoms with E-state index in [4.69, 9.17) is 16.3 Å². The predicted octanol–water partition coefficient (Wildman–Crippen LogP) is 5.19. The molecule has 1 atom stereocenters. The van der Waals surface area contributed by atoms with Crippen molar-refractivity contribution in [3.63, 3.8) is 0 Å². The Balaban J connectivity index is 1.43. The Morgan fingerprint density at radius 2 is 1.84 bits per heavy atom. The molecule has 1 aliphatic heterocycles. The molecular formula is C28H22ClN3O5S. The average Bonchev–Trinajstić information content (AvgIpc) is 3.19. The quantitative estimate of drug-likeness (QED) is 0.215. The highest BCUT2D eigenvalue weighted by Gasteiger charge is 2.40. The van der Waals surface area contributed by atoms with Crippen molar-refractivity contribution in [2.24, 2.45) is 0 Å². The van der Waals surface area contributed by atoms with Gasteiger partial charge in [-0.15, -0.1) is 0 Å². The van der Waals surface area contributed by atoms with Crippen molar-refractivity contribution < 1.29 is 23.9 Å². The number of ketones is 1. The van der Waals surface area contributed by atoms with Crippen LogP contribution < -0.4 is 4.90 Å². The van der Waals surface area contributed by atoms with E-state index in [-0.39, 0.29) is 28.5 Å². The molecule has 0 radical (unpaired) electrons. The van der Waals surface area contributed by atoms with Gasteiger partial charge in [-0.05, 0) is 54.4 Å². The molecular weight excluding hydrogens is 526 g/mol. The summed E-state index contributed by atoms with van der Waals surface area (Å²) in [4.78, 5) is 56.2. The van der Waals surface area contributed by atoms with Crippen LogP contribution in [-0.2, 0) is 14.3 Å². The van der Waals surface area contributed by atoms with E-state index in [1.165, 1.54) is 24.3 Å². The molecule has 0 aliphatic carbocycles. The Bertz CT molecular complexity index is 1470. The average molecular weight is 548 g/mol. The summed E-state index contributed by atoms with van der Waals surface area (Å²) in [5, 5.41) is 9.40. The summed E-state index contributed by atoms with van der Waals surface area (Å²) in [5.74, 6) is -1.86. The Morgan fingerprint density at radius 3 is 2.50 bits per heavy atom. The van der Waals surface area contributed by atoms with Crippen LogP contribution in [0.1, 0.15) is 58.2 Å². The molecule has 2 amide bonds. The van der Waals surface area contributed by atoms with Crippen molar-refractivity contribution in [2.75, 3.05) is 11.5 Å². The highest BCUT2D eigenvalue weighted by molar-refractivity contribution is 8.00. The van der Waals surface area contributed by atoms with Gasteiger partial charge in [0.2, 0.25) is 17.6 Å². The van der Waals surface area contributed by atoms with Crippen LogP contribution in [0.4, 0.5) is 5.69 Å². The van der Waals surface area contributed by atoms with Crippen molar-refractivity contribution >= 4 is 52.6 Å². The molecule has 192 valence electrons. The number of hydrogen-bond donors (Lipinski definition) is 0. The molecule has 8 nitrogen and oxygen atoms in total. The molecule has 0 saturated carbocycles. The van der Waals surface area contributed by atoms with Gasteiger partial charge in [0.25, 0.3) is 0 Å². The first-order chi connectivity index (χ1) is 18.2. The van der Waals surface area contributed by atoms with E-state index in [0.29, 0.717) is 16.3 Å². The fraction of sp³-hybridized carbons (Fsp3) is 0.214. The van der Waals surface area contributed by atoms with Gasteiger partial charge >= 0.3 is 5.97 Å². The van der Waals surface area contributed by atoms with E-state index in [1.807, 2.05) is 13.8 Å². The second kappa shape index (κ2) is 11.6. The summed E-state index contributed by atoms with van der Waals surface area (Å²) < 4.78 is 5.11. The second-order valence-corrected chi connectivity index (χ2v) is 10.4. The van der Waals surface area contributed by atoms with Crippen LogP contribution >= 0.6 is 23.4 Å². The molecule has 1 fully saturated rings. The van der Waals surface area contributed by atoms with Gasteiger partial charge in [-0.25, -0.2) is 14.7 Å². The summed E-state index contributed by atoms with van der Waals surface area (Å²) in [7, 11) is 0. The lowest BCUT2D eigenvalue weighted by atomic mass is 10.1. The Morgan fingerprint density at radius 1 is 1.13 bits per heavy atom. The van der Waals surface area contributed by atoms with E-state index in [1.54, 1.807) is 36.4 Å². The van der Waals surface area contributed by atoms with E-state index < -0.39 is 35.4 Å². The van der Waals surface area contributed by atoms with Gasteiger partial charge in [0, 0.05) is 17.7 Å². The maximum atomic E-state index is 13.1. The van der Waals surface area contributed by atoms with Gasteiger partial charge in [0.15, 0.2) is 6.61 Å². The first kappa shape index (κ1) is 27.0. The fourth-order valence-electron chi connectivity index (χ4n) is 3.78. The molecule has 10 heteroatoms. The van der Waals surface area contributed by atoms with Gasteiger partial charge < -0.3 is 4.74 Å². The lowest BCUT2D eigenvalue weighted by Crippen LogP contribution is -2.31. The van der Waals surface area contributed by atoms with Crippen LogP contribution in [0.5, 0.6) is 0 Å². The number of amides is 2. The van der Waals surface area contributed by atoms with Gasteiger partial charge in [-0.1, -0.05) is 49.3 Å². The van der Waals surface area contributed by atoms with Crippen LogP contribution in [0.3, 0.4) is 0 Å². The highest BCUT2D eigenvalue weighted by atomic mass is 35.5. The number of pyridine rings is 1. The molecule has 0 spiro atoms.